The van der Waals surface area contributed by atoms with Gasteiger partial charge < -0.3 is 10.7 Å². The van der Waals surface area contributed by atoms with Crippen LogP contribution >= 0.6 is 0 Å². The summed E-state index contributed by atoms with van der Waals surface area (Å²) < 4.78 is 0. The van der Waals surface area contributed by atoms with Gasteiger partial charge in [0.05, 0.1) is 11.7 Å². The summed E-state index contributed by atoms with van der Waals surface area (Å²) in [4.78, 5) is 7.78. The highest BCUT2D eigenvalue weighted by molar-refractivity contribution is 5.26. The van der Waals surface area contributed by atoms with Crippen LogP contribution in [-0.2, 0) is 6.42 Å². The average molecular weight is 215 g/mol. The predicted octanol–water partition coefficient (Wildman–Crippen LogP) is 2.33. The number of aromatic amines is 1. The summed E-state index contributed by atoms with van der Waals surface area (Å²) in [6.45, 7) is 4.13. The van der Waals surface area contributed by atoms with Crippen LogP contribution in [-0.4, -0.2) is 9.97 Å². The van der Waals surface area contributed by atoms with Gasteiger partial charge >= 0.3 is 0 Å². The predicted molar refractivity (Wildman–Crippen MR) is 65.2 cm³/mol. The van der Waals surface area contributed by atoms with Gasteiger partial charge in [-0.1, -0.05) is 37.3 Å². The van der Waals surface area contributed by atoms with Crippen molar-refractivity contribution in [2.24, 2.45) is 5.73 Å². The third-order valence-corrected chi connectivity index (χ3v) is 2.79. The average Bonchev–Trinajstić information content (AvgIpc) is 2.71. The molecule has 3 nitrogen and oxygen atoms in total. The van der Waals surface area contributed by atoms with Crippen LogP contribution in [0.2, 0.25) is 0 Å². The Bertz CT molecular complexity index is 459. The summed E-state index contributed by atoms with van der Waals surface area (Å²) in [7, 11) is 0. The smallest absolute Gasteiger partial charge is 0.128 e. The molecule has 0 fully saturated rings. The first-order chi connectivity index (χ1) is 7.72. The fourth-order valence-electron chi connectivity index (χ4n) is 1.83. The Balaban J connectivity index is 2.31. The van der Waals surface area contributed by atoms with Gasteiger partial charge in [0, 0.05) is 5.69 Å². The van der Waals surface area contributed by atoms with Crippen molar-refractivity contribution in [2.45, 2.75) is 26.3 Å². The Morgan fingerprint density at radius 1 is 1.31 bits per heavy atom. The van der Waals surface area contributed by atoms with E-state index >= 15 is 0 Å². The van der Waals surface area contributed by atoms with Gasteiger partial charge in [-0.2, -0.15) is 0 Å². The van der Waals surface area contributed by atoms with Gasteiger partial charge in [0.2, 0.25) is 0 Å². The fraction of sp³-hybridized carbons (Fsp3) is 0.308. The van der Waals surface area contributed by atoms with Crippen LogP contribution in [0.1, 0.15) is 35.7 Å². The zero-order valence-electron chi connectivity index (χ0n) is 9.70. The molecule has 0 aliphatic carbocycles. The van der Waals surface area contributed by atoms with Crippen LogP contribution < -0.4 is 5.73 Å². The van der Waals surface area contributed by atoms with Crippen LogP contribution in [0.4, 0.5) is 0 Å². The monoisotopic (exact) mass is 215 g/mol. The number of nitrogens with two attached hydrogens (primary N) is 1. The lowest BCUT2D eigenvalue weighted by Gasteiger charge is -2.08. The molecule has 0 spiro atoms. The number of aromatic nitrogens is 2. The van der Waals surface area contributed by atoms with Crippen molar-refractivity contribution in [3.63, 3.8) is 0 Å². The molecule has 0 radical (unpaired) electrons. The molecular formula is C13H17N3. The molecule has 3 N–H and O–H groups in total. The molecule has 0 saturated carbocycles. The molecule has 1 unspecified atom stereocenters. The topological polar surface area (TPSA) is 54.7 Å². The molecule has 1 aromatic carbocycles. The summed E-state index contributed by atoms with van der Waals surface area (Å²) >= 11 is 0. The zero-order chi connectivity index (χ0) is 11.5. The highest BCUT2D eigenvalue weighted by Gasteiger charge is 2.13. The number of hydrogen-bond acceptors (Lipinski definition) is 2. The highest BCUT2D eigenvalue weighted by Crippen LogP contribution is 2.18. The maximum atomic E-state index is 6.16. The number of nitrogens with one attached hydrogen (secondary N) is 1. The highest BCUT2D eigenvalue weighted by atomic mass is 15.0. The number of aryl methyl sites for hydroxylation is 2. The van der Waals surface area contributed by atoms with Crippen molar-refractivity contribution in [3.8, 4) is 0 Å². The lowest BCUT2D eigenvalue weighted by atomic mass is 10.1. The molecular weight excluding hydrogens is 198 g/mol. The summed E-state index contributed by atoms with van der Waals surface area (Å²) in [5.74, 6) is 0.848. The summed E-state index contributed by atoms with van der Waals surface area (Å²) in [5, 5.41) is 0. The van der Waals surface area contributed by atoms with Gasteiger partial charge in [-0.3, -0.25) is 0 Å². The van der Waals surface area contributed by atoms with Gasteiger partial charge in [-0.15, -0.1) is 0 Å². The fourth-order valence-corrected chi connectivity index (χ4v) is 1.83. The molecule has 84 valence electrons. The van der Waals surface area contributed by atoms with Crippen LogP contribution in [0.25, 0.3) is 0 Å². The van der Waals surface area contributed by atoms with Crippen molar-refractivity contribution in [2.75, 3.05) is 0 Å². The van der Waals surface area contributed by atoms with E-state index in [0.717, 1.165) is 29.2 Å². The van der Waals surface area contributed by atoms with E-state index in [0.29, 0.717) is 0 Å². The second kappa shape index (κ2) is 4.49. The van der Waals surface area contributed by atoms with E-state index in [4.69, 9.17) is 5.73 Å². The van der Waals surface area contributed by atoms with E-state index in [2.05, 4.69) is 16.9 Å². The molecule has 0 aliphatic heterocycles. The standard InChI is InChI=1S/C13H17N3/c1-3-11-9(2)15-13(16-11)12(14)10-7-5-4-6-8-10/h4-8,12H,3,14H2,1-2H3,(H,15,16). The molecule has 1 aromatic heterocycles. The van der Waals surface area contributed by atoms with Crippen molar-refractivity contribution in [3.05, 3.63) is 53.1 Å². The SMILES string of the molecule is CCc1nc(C(N)c2ccccc2)[nH]c1C. The Morgan fingerprint density at radius 2 is 2.00 bits per heavy atom. The quantitative estimate of drug-likeness (QED) is 0.825. The number of nitrogens with zero attached hydrogens (tertiary/aromatic N) is 1. The maximum absolute atomic E-state index is 6.16. The van der Waals surface area contributed by atoms with E-state index in [1.54, 1.807) is 0 Å². The van der Waals surface area contributed by atoms with Crippen LogP contribution in [0.3, 0.4) is 0 Å². The molecule has 2 aromatic rings. The van der Waals surface area contributed by atoms with Crippen molar-refractivity contribution in [1.29, 1.82) is 0 Å². The van der Waals surface area contributed by atoms with Crippen molar-refractivity contribution < 1.29 is 0 Å². The minimum absolute atomic E-state index is 0.166. The summed E-state index contributed by atoms with van der Waals surface area (Å²) in [6.07, 6.45) is 0.934. The number of imidazole rings is 1. The Hall–Kier alpha value is -1.61. The Kier molecular flexibility index (Phi) is 3.06. The van der Waals surface area contributed by atoms with Crippen molar-refractivity contribution in [1.82, 2.24) is 9.97 Å². The summed E-state index contributed by atoms with van der Waals surface area (Å²) in [6, 6.07) is 9.85. The first-order valence-corrected chi connectivity index (χ1v) is 5.58. The van der Waals surface area contributed by atoms with E-state index in [1.807, 2.05) is 37.3 Å². The Labute approximate surface area is 95.7 Å². The second-order valence-corrected chi connectivity index (χ2v) is 3.94. The molecule has 1 atom stereocenters. The van der Waals surface area contributed by atoms with E-state index in [-0.39, 0.29) is 6.04 Å². The third-order valence-electron chi connectivity index (χ3n) is 2.79. The molecule has 0 bridgehead atoms. The number of benzene rings is 1. The van der Waals surface area contributed by atoms with Crippen LogP contribution in [0, 0.1) is 6.92 Å². The number of H-pyrrole nitrogens is 1. The molecule has 0 saturated heterocycles. The molecule has 1 heterocycles. The van der Waals surface area contributed by atoms with Gasteiger partial charge in [0.1, 0.15) is 5.82 Å². The van der Waals surface area contributed by atoms with Crippen molar-refractivity contribution >= 4 is 0 Å². The van der Waals surface area contributed by atoms with Crippen LogP contribution in [0.5, 0.6) is 0 Å². The first kappa shape index (κ1) is 10.9. The second-order valence-electron chi connectivity index (χ2n) is 3.94. The van der Waals surface area contributed by atoms with Gasteiger partial charge in [0.25, 0.3) is 0 Å². The number of hydrogen-bond donors (Lipinski definition) is 2. The normalized spacial score (nSPS) is 12.7. The molecule has 16 heavy (non-hydrogen) atoms. The van der Waals surface area contributed by atoms with E-state index in [1.165, 1.54) is 0 Å². The maximum Gasteiger partial charge on any atom is 0.128 e. The molecule has 3 heteroatoms. The molecule has 0 aliphatic rings. The first-order valence-electron chi connectivity index (χ1n) is 5.58. The van der Waals surface area contributed by atoms with Crippen LogP contribution in [0.15, 0.2) is 30.3 Å². The molecule has 2 rings (SSSR count). The van der Waals surface area contributed by atoms with Gasteiger partial charge in [-0.05, 0) is 18.9 Å². The lowest BCUT2D eigenvalue weighted by molar-refractivity contribution is 0.794. The summed E-state index contributed by atoms with van der Waals surface area (Å²) in [5.41, 5.74) is 9.45. The van der Waals surface area contributed by atoms with Gasteiger partial charge in [0.15, 0.2) is 0 Å². The number of rotatable bonds is 3. The van der Waals surface area contributed by atoms with E-state index in [9.17, 15) is 0 Å². The lowest BCUT2D eigenvalue weighted by Crippen LogP contribution is -2.13. The largest absolute Gasteiger partial charge is 0.344 e. The minimum Gasteiger partial charge on any atom is -0.344 e. The zero-order valence-corrected chi connectivity index (χ0v) is 9.70. The van der Waals surface area contributed by atoms with Gasteiger partial charge in [-0.25, -0.2) is 4.98 Å². The van der Waals surface area contributed by atoms with E-state index < -0.39 is 0 Å². The third kappa shape index (κ3) is 1.99. The minimum atomic E-state index is -0.166. The Morgan fingerprint density at radius 3 is 2.56 bits per heavy atom. The molecule has 0 amide bonds.